The van der Waals surface area contributed by atoms with E-state index < -0.39 is 33.5 Å². The van der Waals surface area contributed by atoms with Crippen molar-refractivity contribution in [2.24, 2.45) is 0 Å². The molecule has 4 rings (SSSR count). The summed E-state index contributed by atoms with van der Waals surface area (Å²) in [5, 5.41) is 2.74. The van der Waals surface area contributed by atoms with E-state index in [0.717, 1.165) is 19.1 Å². The minimum atomic E-state index is -4.47. The lowest BCUT2D eigenvalue weighted by molar-refractivity contribution is -0.137. The Labute approximate surface area is 229 Å². The van der Waals surface area contributed by atoms with Crippen molar-refractivity contribution in [3.05, 3.63) is 89.5 Å². The lowest BCUT2D eigenvalue weighted by Gasteiger charge is -2.31. The number of carbonyl (C=O) groups excluding carboxylic acids is 1. The van der Waals surface area contributed by atoms with Crippen LogP contribution in [0.3, 0.4) is 0 Å². The van der Waals surface area contributed by atoms with Crippen LogP contribution < -0.4 is 10.2 Å². The molecule has 0 saturated carbocycles. The molecule has 3 aromatic carbocycles. The Hall–Kier alpha value is -3.47. The van der Waals surface area contributed by atoms with Crippen molar-refractivity contribution in [2.45, 2.75) is 55.6 Å². The minimum absolute atomic E-state index is 0.0132. The molecule has 0 spiro atoms. The molecular formula is C29H29F5N2O3S. The van der Waals surface area contributed by atoms with Crippen LogP contribution >= 0.6 is 0 Å². The van der Waals surface area contributed by atoms with E-state index in [1.807, 2.05) is 0 Å². The molecule has 1 unspecified atom stereocenters. The standard InChI is InChI=1S/C29H29F5N2O3S/c1-3-40(38,39)25-14-4-19(5-15-25)16-27(37)35-23-10-12-24(13-11-23)36-18-21(17-26(36)28(2,30)31)20-6-8-22(9-7-20)29(32,33)34/h4-15,21,26H,3,16-18H2,1-2H3,(H,35,37)/t21?,26-/m0/s1. The predicted octanol–water partition coefficient (Wildman–Crippen LogP) is 6.70. The SMILES string of the molecule is CCS(=O)(=O)c1ccc(CC(=O)Nc2ccc(N3CC(c4ccc(C(F)(F)F)cc4)C[C@H]3C(C)(F)F)cc2)cc1. The summed E-state index contributed by atoms with van der Waals surface area (Å²) in [6, 6.07) is 16.0. The second-order valence-corrected chi connectivity index (χ2v) is 12.3. The predicted molar refractivity (Wildman–Crippen MR) is 144 cm³/mol. The number of rotatable bonds is 8. The van der Waals surface area contributed by atoms with Crippen LogP contribution in [0.25, 0.3) is 0 Å². The van der Waals surface area contributed by atoms with Gasteiger partial charge >= 0.3 is 6.18 Å². The van der Waals surface area contributed by atoms with E-state index in [4.69, 9.17) is 0 Å². The molecule has 1 aliphatic heterocycles. The number of hydrogen-bond donors (Lipinski definition) is 1. The van der Waals surface area contributed by atoms with Crippen molar-refractivity contribution in [3.8, 4) is 0 Å². The molecule has 5 nitrogen and oxygen atoms in total. The van der Waals surface area contributed by atoms with Crippen LogP contribution in [-0.2, 0) is 27.2 Å². The zero-order valence-corrected chi connectivity index (χ0v) is 22.7. The minimum Gasteiger partial charge on any atom is -0.362 e. The fourth-order valence-electron chi connectivity index (χ4n) is 4.90. The molecule has 0 bridgehead atoms. The number of halogens is 5. The lowest BCUT2D eigenvalue weighted by atomic mass is 9.94. The van der Waals surface area contributed by atoms with Gasteiger partial charge in [0.25, 0.3) is 5.92 Å². The number of hydrogen-bond acceptors (Lipinski definition) is 4. The first-order valence-corrected chi connectivity index (χ1v) is 14.4. The van der Waals surface area contributed by atoms with Gasteiger partial charge in [0.15, 0.2) is 9.84 Å². The Morgan fingerprint density at radius 1 is 0.925 bits per heavy atom. The van der Waals surface area contributed by atoms with Gasteiger partial charge in [-0.3, -0.25) is 4.79 Å². The summed E-state index contributed by atoms with van der Waals surface area (Å²) in [5.41, 5.74) is 1.36. The number of amides is 1. The summed E-state index contributed by atoms with van der Waals surface area (Å²) in [5.74, 6) is -3.79. The quantitative estimate of drug-likeness (QED) is 0.301. The Kier molecular flexibility index (Phi) is 8.26. The molecule has 1 aliphatic rings. The highest BCUT2D eigenvalue weighted by molar-refractivity contribution is 7.91. The van der Waals surface area contributed by atoms with Gasteiger partial charge in [0, 0.05) is 30.8 Å². The average molecular weight is 581 g/mol. The molecule has 0 aromatic heterocycles. The highest BCUT2D eigenvalue weighted by Gasteiger charge is 2.45. The smallest absolute Gasteiger partial charge is 0.362 e. The second kappa shape index (κ2) is 11.2. The van der Waals surface area contributed by atoms with Crippen molar-refractivity contribution in [3.63, 3.8) is 0 Å². The van der Waals surface area contributed by atoms with E-state index in [1.54, 1.807) is 48.2 Å². The summed E-state index contributed by atoms with van der Waals surface area (Å²) < 4.78 is 91.8. The van der Waals surface area contributed by atoms with Gasteiger partial charge in [-0.2, -0.15) is 13.2 Å². The largest absolute Gasteiger partial charge is 0.416 e. The molecule has 40 heavy (non-hydrogen) atoms. The molecule has 0 aliphatic carbocycles. The summed E-state index contributed by atoms with van der Waals surface area (Å²) in [6.45, 7) is 2.59. The summed E-state index contributed by atoms with van der Waals surface area (Å²) in [4.78, 5) is 14.3. The molecule has 1 heterocycles. The van der Waals surface area contributed by atoms with Gasteiger partial charge in [0.2, 0.25) is 5.91 Å². The third-order valence-corrected chi connectivity index (χ3v) is 8.86. The fourth-order valence-corrected chi connectivity index (χ4v) is 5.78. The first-order valence-electron chi connectivity index (χ1n) is 12.7. The molecule has 1 saturated heterocycles. The number of benzene rings is 3. The van der Waals surface area contributed by atoms with Crippen molar-refractivity contribution in [2.75, 3.05) is 22.5 Å². The van der Waals surface area contributed by atoms with Gasteiger partial charge in [-0.05, 0) is 66.1 Å². The van der Waals surface area contributed by atoms with Gasteiger partial charge in [0.05, 0.1) is 28.7 Å². The van der Waals surface area contributed by atoms with Crippen LogP contribution in [0.5, 0.6) is 0 Å². The molecule has 214 valence electrons. The summed E-state index contributed by atoms with van der Waals surface area (Å²) >= 11 is 0. The summed E-state index contributed by atoms with van der Waals surface area (Å²) in [6.07, 6.45) is -4.39. The van der Waals surface area contributed by atoms with E-state index in [2.05, 4.69) is 5.32 Å². The van der Waals surface area contributed by atoms with E-state index >= 15 is 0 Å². The number of alkyl halides is 5. The van der Waals surface area contributed by atoms with Crippen LogP contribution in [0.2, 0.25) is 0 Å². The topological polar surface area (TPSA) is 66.5 Å². The van der Waals surface area contributed by atoms with E-state index in [-0.39, 0.29) is 41.9 Å². The Bertz CT molecular complexity index is 1430. The maximum atomic E-state index is 14.6. The van der Waals surface area contributed by atoms with Crippen LogP contribution in [0.15, 0.2) is 77.7 Å². The number of nitrogens with one attached hydrogen (secondary N) is 1. The molecule has 3 aromatic rings. The normalized spacial score (nSPS) is 18.1. The highest BCUT2D eigenvalue weighted by atomic mass is 32.2. The monoisotopic (exact) mass is 580 g/mol. The molecular weight excluding hydrogens is 551 g/mol. The highest BCUT2D eigenvalue weighted by Crippen LogP contribution is 2.42. The number of anilines is 2. The molecule has 0 radical (unpaired) electrons. The van der Waals surface area contributed by atoms with Crippen molar-refractivity contribution in [1.82, 2.24) is 0 Å². The van der Waals surface area contributed by atoms with Crippen molar-refractivity contribution >= 4 is 27.1 Å². The van der Waals surface area contributed by atoms with Crippen molar-refractivity contribution < 1.29 is 35.2 Å². The zero-order valence-electron chi connectivity index (χ0n) is 21.9. The third-order valence-electron chi connectivity index (χ3n) is 7.11. The number of nitrogens with zero attached hydrogens (tertiary/aromatic N) is 1. The molecule has 2 atom stereocenters. The zero-order chi connectivity index (χ0) is 29.3. The van der Waals surface area contributed by atoms with Gasteiger partial charge < -0.3 is 10.2 Å². The molecule has 1 fully saturated rings. The van der Waals surface area contributed by atoms with Gasteiger partial charge in [-0.25, -0.2) is 17.2 Å². The Morgan fingerprint density at radius 2 is 1.52 bits per heavy atom. The Balaban J connectivity index is 1.43. The summed E-state index contributed by atoms with van der Waals surface area (Å²) in [7, 11) is -3.34. The number of sulfone groups is 1. The Morgan fingerprint density at radius 3 is 2.05 bits per heavy atom. The van der Waals surface area contributed by atoms with Crippen molar-refractivity contribution in [1.29, 1.82) is 0 Å². The van der Waals surface area contributed by atoms with Crippen LogP contribution in [0.4, 0.5) is 33.3 Å². The van der Waals surface area contributed by atoms with E-state index in [0.29, 0.717) is 22.5 Å². The molecule has 1 amide bonds. The van der Waals surface area contributed by atoms with Crippen LogP contribution in [0.1, 0.15) is 42.9 Å². The second-order valence-electron chi connectivity index (χ2n) is 10.00. The van der Waals surface area contributed by atoms with E-state index in [1.165, 1.54) is 24.3 Å². The van der Waals surface area contributed by atoms with E-state index in [9.17, 15) is 35.2 Å². The molecule has 11 heteroatoms. The maximum Gasteiger partial charge on any atom is 0.416 e. The molecule has 1 N–H and O–H groups in total. The first-order chi connectivity index (χ1) is 18.7. The lowest BCUT2D eigenvalue weighted by Crippen LogP contribution is -2.42. The fraction of sp³-hybridized carbons (Fsp3) is 0.345. The first kappa shape index (κ1) is 29.5. The van der Waals surface area contributed by atoms with Crippen LogP contribution in [0, 0.1) is 0 Å². The van der Waals surface area contributed by atoms with Gasteiger partial charge in [-0.1, -0.05) is 31.2 Å². The van der Waals surface area contributed by atoms with Crippen LogP contribution in [-0.4, -0.2) is 38.6 Å². The average Bonchev–Trinajstić information content (AvgIpc) is 3.35. The van der Waals surface area contributed by atoms with Gasteiger partial charge in [0.1, 0.15) is 0 Å². The third kappa shape index (κ3) is 6.80. The van der Waals surface area contributed by atoms with Gasteiger partial charge in [-0.15, -0.1) is 0 Å². The number of carbonyl (C=O) groups is 1. The maximum absolute atomic E-state index is 14.6.